The molecule has 2 aromatic rings. The smallest absolute Gasteiger partial charge is 0.272 e. The number of nitrogens with zero attached hydrogens (tertiary/aromatic N) is 2. The van der Waals surface area contributed by atoms with Crippen LogP contribution < -0.4 is 5.73 Å². The number of nitro groups is 1. The summed E-state index contributed by atoms with van der Waals surface area (Å²) in [6.07, 6.45) is 0.0462. The Bertz CT molecular complexity index is 790. The molecule has 0 bridgehead atoms. The van der Waals surface area contributed by atoms with E-state index in [0.29, 0.717) is 17.7 Å². The van der Waals surface area contributed by atoms with Gasteiger partial charge in [0.1, 0.15) is 0 Å². The first-order chi connectivity index (χ1) is 11.9. The minimum absolute atomic E-state index is 0.0386. The van der Waals surface area contributed by atoms with E-state index in [4.69, 9.17) is 5.73 Å². The van der Waals surface area contributed by atoms with Gasteiger partial charge in [0.25, 0.3) is 11.6 Å². The first-order valence-electron chi connectivity index (χ1n) is 7.75. The van der Waals surface area contributed by atoms with E-state index in [1.165, 1.54) is 23.1 Å². The second-order valence-corrected chi connectivity index (χ2v) is 5.69. The van der Waals surface area contributed by atoms with Crippen molar-refractivity contribution in [1.29, 1.82) is 0 Å². The molecule has 0 aliphatic rings. The molecule has 0 saturated carbocycles. The molecule has 130 valence electrons. The Morgan fingerprint density at radius 1 is 1.16 bits per heavy atom. The van der Waals surface area contributed by atoms with Gasteiger partial charge in [-0.15, -0.1) is 0 Å². The van der Waals surface area contributed by atoms with E-state index < -0.39 is 10.8 Å². The molecule has 0 aliphatic carbocycles. The average molecular weight is 341 g/mol. The molecule has 0 saturated heterocycles. The third-order valence-electron chi connectivity index (χ3n) is 3.77. The minimum Gasteiger partial charge on any atom is -0.370 e. The van der Waals surface area contributed by atoms with Gasteiger partial charge in [0.05, 0.1) is 4.92 Å². The van der Waals surface area contributed by atoms with Gasteiger partial charge >= 0.3 is 0 Å². The number of benzene rings is 2. The number of nitrogens with two attached hydrogens (primary N) is 1. The number of nitro benzene ring substituents is 1. The summed E-state index contributed by atoms with van der Waals surface area (Å²) >= 11 is 0. The van der Waals surface area contributed by atoms with Gasteiger partial charge in [0, 0.05) is 36.7 Å². The van der Waals surface area contributed by atoms with Gasteiger partial charge < -0.3 is 10.6 Å². The van der Waals surface area contributed by atoms with Crippen molar-refractivity contribution in [1.82, 2.24) is 4.90 Å². The standard InChI is InChI=1S/C18H19N3O4/c1-13-11-15(7-8-16(13)21(24)25)18(23)20(10-9-17(19)22)12-14-5-3-2-4-6-14/h2-8,11H,9-10,12H2,1H3,(H2,19,22). The van der Waals surface area contributed by atoms with Gasteiger partial charge in [-0.25, -0.2) is 0 Å². The van der Waals surface area contributed by atoms with E-state index >= 15 is 0 Å². The van der Waals surface area contributed by atoms with E-state index in [1.807, 2.05) is 30.3 Å². The molecular formula is C18H19N3O4. The van der Waals surface area contributed by atoms with Gasteiger partial charge in [-0.05, 0) is 24.6 Å². The van der Waals surface area contributed by atoms with Crippen LogP contribution in [0.5, 0.6) is 0 Å². The minimum atomic E-state index is -0.495. The fourth-order valence-corrected chi connectivity index (χ4v) is 2.48. The Morgan fingerprint density at radius 2 is 1.84 bits per heavy atom. The molecule has 0 heterocycles. The van der Waals surface area contributed by atoms with Crippen LogP contribution in [0, 0.1) is 17.0 Å². The highest BCUT2D eigenvalue weighted by molar-refractivity contribution is 5.95. The zero-order valence-electron chi connectivity index (χ0n) is 13.8. The average Bonchev–Trinajstić information content (AvgIpc) is 2.58. The van der Waals surface area contributed by atoms with E-state index in [2.05, 4.69) is 0 Å². The molecule has 0 aliphatic heterocycles. The number of hydrogen-bond acceptors (Lipinski definition) is 4. The molecule has 7 heteroatoms. The van der Waals surface area contributed by atoms with Crippen LogP contribution >= 0.6 is 0 Å². The zero-order valence-corrected chi connectivity index (χ0v) is 13.8. The third kappa shape index (κ3) is 4.87. The molecule has 2 aromatic carbocycles. The predicted molar refractivity (Wildman–Crippen MR) is 92.8 cm³/mol. The van der Waals surface area contributed by atoms with Crippen LogP contribution in [0.15, 0.2) is 48.5 Å². The largest absolute Gasteiger partial charge is 0.370 e. The lowest BCUT2D eigenvalue weighted by molar-refractivity contribution is -0.385. The number of carbonyl (C=O) groups excluding carboxylic acids is 2. The van der Waals surface area contributed by atoms with Crippen LogP contribution in [0.25, 0.3) is 0 Å². The lowest BCUT2D eigenvalue weighted by Crippen LogP contribution is -2.33. The molecule has 2 N–H and O–H groups in total. The van der Waals surface area contributed by atoms with Crippen LogP contribution in [-0.4, -0.2) is 28.2 Å². The summed E-state index contributed by atoms with van der Waals surface area (Å²) in [5.74, 6) is -0.797. The van der Waals surface area contributed by atoms with E-state index in [9.17, 15) is 19.7 Å². The van der Waals surface area contributed by atoms with Crippen LogP contribution in [0.4, 0.5) is 5.69 Å². The Kier molecular flexibility index (Phi) is 5.84. The van der Waals surface area contributed by atoms with Gasteiger partial charge in [-0.1, -0.05) is 30.3 Å². The summed E-state index contributed by atoms with van der Waals surface area (Å²) in [5.41, 5.74) is 6.82. The Balaban J connectivity index is 2.26. The SMILES string of the molecule is Cc1cc(C(=O)N(CCC(N)=O)Cc2ccccc2)ccc1[N+](=O)[O-]. The van der Waals surface area contributed by atoms with Crippen LogP contribution in [0.1, 0.15) is 27.9 Å². The molecule has 0 fully saturated rings. The molecule has 0 aromatic heterocycles. The molecule has 2 rings (SSSR count). The highest BCUT2D eigenvalue weighted by Crippen LogP contribution is 2.20. The van der Waals surface area contributed by atoms with Gasteiger partial charge in [0.2, 0.25) is 5.91 Å². The van der Waals surface area contributed by atoms with E-state index in [-0.39, 0.29) is 24.6 Å². The summed E-state index contributed by atoms with van der Waals surface area (Å²) in [6, 6.07) is 13.6. The number of aryl methyl sites for hydroxylation is 1. The van der Waals surface area contributed by atoms with E-state index in [0.717, 1.165) is 5.56 Å². The monoisotopic (exact) mass is 341 g/mol. The number of primary amides is 1. The van der Waals surface area contributed by atoms with Gasteiger partial charge in [-0.3, -0.25) is 19.7 Å². The molecule has 25 heavy (non-hydrogen) atoms. The molecule has 0 spiro atoms. The summed E-state index contributed by atoms with van der Waals surface area (Å²) in [4.78, 5) is 35.8. The Labute approximate surface area is 145 Å². The predicted octanol–water partition coefficient (Wildman–Crippen LogP) is 2.42. The molecular weight excluding hydrogens is 322 g/mol. The molecule has 2 amide bonds. The lowest BCUT2D eigenvalue weighted by Gasteiger charge is -2.22. The fourth-order valence-electron chi connectivity index (χ4n) is 2.48. The summed E-state index contributed by atoms with van der Waals surface area (Å²) in [6.45, 7) is 2.09. The first kappa shape index (κ1) is 18.1. The maximum Gasteiger partial charge on any atom is 0.272 e. The highest BCUT2D eigenvalue weighted by atomic mass is 16.6. The number of amides is 2. The number of rotatable bonds is 7. The summed E-state index contributed by atoms with van der Waals surface area (Å²) in [5, 5.41) is 10.9. The quantitative estimate of drug-likeness (QED) is 0.616. The van der Waals surface area contributed by atoms with Crippen molar-refractivity contribution >= 4 is 17.5 Å². The van der Waals surface area contributed by atoms with Crippen LogP contribution in [0.3, 0.4) is 0 Å². The molecule has 0 unspecified atom stereocenters. The van der Waals surface area contributed by atoms with E-state index in [1.54, 1.807) is 6.92 Å². The number of carbonyl (C=O) groups is 2. The maximum atomic E-state index is 12.8. The van der Waals surface area contributed by atoms with Crippen molar-refractivity contribution in [3.63, 3.8) is 0 Å². The van der Waals surface area contributed by atoms with Crippen molar-refractivity contribution in [3.8, 4) is 0 Å². The third-order valence-corrected chi connectivity index (χ3v) is 3.77. The Morgan fingerprint density at radius 3 is 2.40 bits per heavy atom. The normalized spacial score (nSPS) is 10.3. The van der Waals surface area contributed by atoms with Crippen molar-refractivity contribution in [2.24, 2.45) is 5.73 Å². The van der Waals surface area contributed by atoms with Crippen molar-refractivity contribution in [3.05, 3.63) is 75.3 Å². The van der Waals surface area contributed by atoms with Crippen molar-refractivity contribution in [2.45, 2.75) is 19.9 Å². The Hall–Kier alpha value is -3.22. The van der Waals surface area contributed by atoms with Crippen molar-refractivity contribution < 1.29 is 14.5 Å². The second-order valence-electron chi connectivity index (χ2n) is 5.69. The fraction of sp³-hybridized carbons (Fsp3) is 0.222. The maximum absolute atomic E-state index is 12.8. The molecule has 0 atom stereocenters. The van der Waals surface area contributed by atoms with Gasteiger partial charge in [-0.2, -0.15) is 0 Å². The molecule has 0 radical (unpaired) electrons. The zero-order chi connectivity index (χ0) is 18.4. The summed E-state index contributed by atoms with van der Waals surface area (Å²) < 4.78 is 0. The van der Waals surface area contributed by atoms with Crippen molar-refractivity contribution in [2.75, 3.05) is 6.54 Å². The van der Waals surface area contributed by atoms with Crippen LogP contribution in [0.2, 0.25) is 0 Å². The van der Waals surface area contributed by atoms with Crippen LogP contribution in [-0.2, 0) is 11.3 Å². The number of hydrogen-bond donors (Lipinski definition) is 1. The first-order valence-corrected chi connectivity index (χ1v) is 7.75. The summed E-state index contributed by atoms with van der Waals surface area (Å²) in [7, 11) is 0. The second kappa shape index (κ2) is 8.05. The lowest BCUT2D eigenvalue weighted by atomic mass is 10.1. The topological polar surface area (TPSA) is 107 Å². The van der Waals surface area contributed by atoms with Gasteiger partial charge in [0.15, 0.2) is 0 Å². The highest BCUT2D eigenvalue weighted by Gasteiger charge is 2.19. The molecule has 7 nitrogen and oxygen atoms in total.